The topological polar surface area (TPSA) is 24.9 Å². The normalized spacial score (nSPS) is 10.1. The van der Waals surface area contributed by atoms with Gasteiger partial charge in [0.2, 0.25) is 0 Å². The average molecular weight is 212 g/mol. The van der Waals surface area contributed by atoms with Gasteiger partial charge in [-0.25, -0.2) is 4.98 Å². The molecule has 2 rings (SSSR count). The van der Waals surface area contributed by atoms with Crippen LogP contribution in [0.15, 0.2) is 42.6 Å². The fourth-order valence-electron chi connectivity index (χ4n) is 1.66. The van der Waals surface area contributed by atoms with Gasteiger partial charge in [0.05, 0.1) is 0 Å². The Morgan fingerprint density at radius 2 is 1.75 bits per heavy atom. The number of anilines is 1. The molecule has 2 nitrogen and oxygen atoms in total. The van der Waals surface area contributed by atoms with Crippen LogP contribution in [0.4, 0.5) is 5.82 Å². The maximum Gasteiger partial charge on any atom is 0.129 e. The fourth-order valence-corrected chi connectivity index (χ4v) is 1.66. The first-order valence-corrected chi connectivity index (χ1v) is 5.47. The van der Waals surface area contributed by atoms with E-state index in [0.717, 1.165) is 12.4 Å². The van der Waals surface area contributed by atoms with Crippen LogP contribution in [0.1, 0.15) is 16.7 Å². The smallest absolute Gasteiger partial charge is 0.129 e. The Morgan fingerprint density at radius 3 is 2.50 bits per heavy atom. The maximum atomic E-state index is 4.31. The average Bonchev–Trinajstić information content (AvgIpc) is 2.30. The summed E-state index contributed by atoms with van der Waals surface area (Å²) in [6, 6.07) is 12.4. The molecule has 0 saturated heterocycles. The zero-order valence-corrected chi connectivity index (χ0v) is 9.70. The van der Waals surface area contributed by atoms with E-state index in [4.69, 9.17) is 0 Å². The van der Waals surface area contributed by atoms with E-state index in [0.29, 0.717) is 0 Å². The van der Waals surface area contributed by atoms with Crippen molar-refractivity contribution in [3.63, 3.8) is 0 Å². The van der Waals surface area contributed by atoms with Crippen LogP contribution in [0, 0.1) is 13.8 Å². The highest BCUT2D eigenvalue weighted by Crippen LogP contribution is 2.13. The number of pyridine rings is 1. The molecule has 1 N–H and O–H groups in total. The third kappa shape index (κ3) is 2.40. The van der Waals surface area contributed by atoms with E-state index in [1.165, 1.54) is 16.7 Å². The van der Waals surface area contributed by atoms with Crippen molar-refractivity contribution in [1.29, 1.82) is 0 Å². The Kier molecular flexibility index (Phi) is 3.20. The molecular formula is C14H16N2. The van der Waals surface area contributed by atoms with Crippen LogP contribution in [0.2, 0.25) is 0 Å². The lowest BCUT2D eigenvalue weighted by Crippen LogP contribution is -2.03. The molecule has 0 amide bonds. The first-order valence-electron chi connectivity index (χ1n) is 5.47. The number of aromatic nitrogens is 1. The van der Waals surface area contributed by atoms with Gasteiger partial charge in [-0.05, 0) is 36.6 Å². The summed E-state index contributed by atoms with van der Waals surface area (Å²) in [6.07, 6.45) is 1.81. The molecule has 2 heteroatoms. The second-order valence-corrected chi connectivity index (χ2v) is 3.95. The van der Waals surface area contributed by atoms with Gasteiger partial charge in [0.1, 0.15) is 5.82 Å². The van der Waals surface area contributed by atoms with Crippen molar-refractivity contribution in [2.45, 2.75) is 20.4 Å². The predicted molar refractivity (Wildman–Crippen MR) is 67.5 cm³/mol. The quantitative estimate of drug-likeness (QED) is 0.844. The number of hydrogen-bond acceptors (Lipinski definition) is 2. The number of nitrogens with one attached hydrogen (secondary N) is 1. The molecule has 1 heterocycles. The van der Waals surface area contributed by atoms with Gasteiger partial charge in [-0.15, -0.1) is 0 Å². The molecular weight excluding hydrogens is 196 g/mol. The number of rotatable bonds is 3. The van der Waals surface area contributed by atoms with Gasteiger partial charge in [-0.2, -0.15) is 0 Å². The molecule has 16 heavy (non-hydrogen) atoms. The van der Waals surface area contributed by atoms with Crippen molar-refractivity contribution in [2.75, 3.05) is 5.32 Å². The predicted octanol–water partition coefficient (Wildman–Crippen LogP) is 3.31. The highest BCUT2D eigenvalue weighted by Gasteiger charge is 1.99. The zero-order valence-electron chi connectivity index (χ0n) is 9.70. The molecule has 1 aromatic heterocycles. The van der Waals surface area contributed by atoms with E-state index < -0.39 is 0 Å². The Morgan fingerprint density at radius 1 is 1.00 bits per heavy atom. The van der Waals surface area contributed by atoms with Gasteiger partial charge in [0.25, 0.3) is 0 Å². The Labute approximate surface area is 96.4 Å². The van der Waals surface area contributed by atoms with Crippen LogP contribution >= 0.6 is 0 Å². The number of aryl methyl sites for hydroxylation is 2. The Hall–Kier alpha value is -1.83. The van der Waals surface area contributed by atoms with Crippen molar-refractivity contribution in [2.24, 2.45) is 0 Å². The highest BCUT2D eigenvalue weighted by atomic mass is 15.0. The van der Waals surface area contributed by atoms with E-state index in [1.54, 1.807) is 0 Å². The summed E-state index contributed by atoms with van der Waals surface area (Å²) < 4.78 is 0. The summed E-state index contributed by atoms with van der Waals surface area (Å²) in [4.78, 5) is 4.31. The van der Waals surface area contributed by atoms with Crippen LogP contribution in [-0.4, -0.2) is 4.98 Å². The summed E-state index contributed by atoms with van der Waals surface area (Å²) in [5.41, 5.74) is 3.80. The number of nitrogens with zero attached hydrogens (tertiary/aromatic N) is 1. The first-order chi connectivity index (χ1) is 7.77. The molecule has 0 bridgehead atoms. The second kappa shape index (κ2) is 4.79. The zero-order chi connectivity index (χ0) is 11.4. The minimum Gasteiger partial charge on any atom is -0.366 e. The van der Waals surface area contributed by atoms with Gasteiger partial charge in [0, 0.05) is 12.7 Å². The minimum atomic E-state index is 0.824. The third-order valence-corrected chi connectivity index (χ3v) is 2.72. The molecule has 1 aromatic carbocycles. The van der Waals surface area contributed by atoms with Crippen molar-refractivity contribution in [3.8, 4) is 0 Å². The molecule has 2 aromatic rings. The van der Waals surface area contributed by atoms with Crippen molar-refractivity contribution in [1.82, 2.24) is 4.98 Å². The summed E-state index contributed by atoms with van der Waals surface area (Å²) in [7, 11) is 0. The van der Waals surface area contributed by atoms with E-state index in [2.05, 4.69) is 54.5 Å². The summed E-state index contributed by atoms with van der Waals surface area (Å²) in [5.74, 6) is 0.964. The first kappa shape index (κ1) is 10.7. The molecule has 0 unspecified atom stereocenters. The van der Waals surface area contributed by atoms with Gasteiger partial charge in [0.15, 0.2) is 0 Å². The third-order valence-electron chi connectivity index (χ3n) is 2.72. The fraction of sp³-hybridized carbons (Fsp3) is 0.214. The molecule has 0 radical (unpaired) electrons. The summed E-state index contributed by atoms with van der Waals surface area (Å²) in [6.45, 7) is 5.01. The Balaban J connectivity index is 2.09. The lowest BCUT2D eigenvalue weighted by atomic mass is 10.1. The van der Waals surface area contributed by atoms with E-state index in [9.17, 15) is 0 Å². The molecule has 0 atom stereocenters. The van der Waals surface area contributed by atoms with Gasteiger partial charge >= 0.3 is 0 Å². The SMILES string of the molecule is Cc1ccccc1CNc1ncccc1C. The molecule has 0 aliphatic heterocycles. The molecule has 0 aliphatic rings. The summed E-state index contributed by atoms with van der Waals surface area (Å²) in [5, 5.41) is 3.36. The molecule has 0 spiro atoms. The molecule has 0 saturated carbocycles. The second-order valence-electron chi connectivity index (χ2n) is 3.95. The van der Waals surface area contributed by atoms with Crippen LogP contribution in [0.3, 0.4) is 0 Å². The Bertz CT molecular complexity index is 432. The highest BCUT2D eigenvalue weighted by molar-refractivity contribution is 5.43. The van der Waals surface area contributed by atoms with Crippen LogP contribution < -0.4 is 5.32 Å². The van der Waals surface area contributed by atoms with Crippen molar-refractivity contribution in [3.05, 3.63) is 59.3 Å². The van der Waals surface area contributed by atoms with Gasteiger partial charge in [-0.3, -0.25) is 0 Å². The van der Waals surface area contributed by atoms with Crippen molar-refractivity contribution >= 4 is 5.82 Å². The van der Waals surface area contributed by atoms with Crippen LogP contribution in [0.5, 0.6) is 0 Å². The minimum absolute atomic E-state index is 0.824. The standard InChI is InChI=1S/C14H16N2/c1-11-6-3-4-8-13(11)10-16-14-12(2)7-5-9-15-14/h3-9H,10H2,1-2H3,(H,15,16). The number of benzene rings is 1. The lowest BCUT2D eigenvalue weighted by Gasteiger charge is -2.09. The number of hydrogen-bond donors (Lipinski definition) is 1. The summed E-state index contributed by atoms with van der Waals surface area (Å²) >= 11 is 0. The molecule has 0 fully saturated rings. The van der Waals surface area contributed by atoms with Gasteiger partial charge < -0.3 is 5.32 Å². The molecule has 0 aliphatic carbocycles. The molecule has 82 valence electrons. The largest absolute Gasteiger partial charge is 0.366 e. The monoisotopic (exact) mass is 212 g/mol. The van der Waals surface area contributed by atoms with E-state index in [1.807, 2.05) is 12.3 Å². The van der Waals surface area contributed by atoms with Crippen molar-refractivity contribution < 1.29 is 0 Å². The van der Waals surface area contributed by atoms with Crippen LogP contribution in [-0.2, 0) is 6.54 Å². The van der Waals surface area contributed by atoms with Crippen LogP contribution in [0.25, 0.3) is 0 Å². The maximum absolute atomic E-state index is 4.31. The van der Waals surface area contributed by atoms with E-state index >= 15 is 0 Å². The van der Waals surface area contributed by atoms with E-state index in [-0.39, 0.29) is 0 Å². The lowest BCUT2D eigenvalue weighted by molar-refractivity contribution is 1.08. The van der Waals surface area contributed by atoms with Gasteiger partial charge in [-0.1, -0.05) is 30.3 Å².